The SMILES string of the molecule is CCN(C)C(=O)[C@@H]1CCCN1C(=O)/C(C)=C/[C@H](C(C)C)N(C)C(=O)CNC=O. The Balaban J connectivity index is 2.98. The molecule has 158 valence electrons. The van der Waals surface area contributed by atoms with Crippen molar-refractivity contribution in [2.24, 2.45) is 5.92 Å². The molecule has 1 N–H and O–H groups in total. The second kappa shape index (κ2) is 10.8. The smallest absolute Gasteiger partial charge is 0.249 e. The summed E-state index contributed by atoms with van der Waals surface area (Å²) in [5.41, 5.74) is 0.514. The number of carbonyl (C=O) groups excluding carboxylic acids is 4. The molecule has 0 spiro atoms. The van der Waals surface area contributed by atoms with Crippen molar-refractivity contribution < 1.29 is 19.2 Å². The van der Waals surface area contributed by atoms with Gasteiger partial charge in [0.05, 0.1) is 12.6 Å². The number of nitrogens with zero attached hydrogens (tertiary/aromatic N) is 3. The second-order valence-corrected chi connectivity index (χ2v) is 7.60. The average molecular weight is 395 g/mol. The molecule has 0 unspecified atom stereocenters. The first-order valence-corrected chi connectivity index (χ1v) is 9.82. The highest BCUT2D eigenvalue weighted by Crippen LogP contribution is 2.22. The van der Waals surface area contributed by atoms with Gasteiger partial charge in [0.2, 0.25) is 24.1 Å². The quantitative estimate of drug-likeness (QED) is 0.459. The van der Waals surface area contributed by atoms with E-state index in [9.17, 15) is 19.2 Å². The number of likely N-dealkylation sites (N-methyl/N-ethyl adjacent to an activating group) is 2. The molecule has 0 saturated carbocycles. The van der Waals surface area contributed by atoms with E-state index in [0.717, 1.165) is 6.42 Å². The molecule has 1 rings (SSSR count). The normalized spacial score (nSPS) is 18.0. The Kier molecular flexibility index (Phi) is 9.15. The zero-order valence-electron chi connectivity index (χ0n) is 17.9. The van der Waals surface area contributed by atoms with Crippen LogP contribution in [0.1, 0.15) is 40.5 Å². The standard InChI is InChI=1S/C20H34N4O4/c1-7-22(5)20(28)16-9-8-10-24(16)19(27)15(4)11-17(14(2)3)23(6)18(26)12-21-13-25/h11,13-14,16-17H,7-10,12H2,1-6H3,(H,21,25)/b15-11+/t16-,17+/m0/s1. The largest absolute Gasteiger partial charge is 0.350 e. The molecule has 8 nitrogen and oxygen atoms in total. The summed E-state index contributed by atoms with van der Waals surface area (Å²) < 4.78 is 0. The van der Waals surface area contributed by atoms with Crippen LogP contribution in [0.3, 0.4) is 0 Å². The van der Waals surface area contributed by atoms with Crippen LogP contribution < -0.4 is 5.32 Å². The minimum atomic E-state index is -0.422. The molecule has 2 atom stereocenters. The van der Waals surface area contributed by atoms with E-state index in [1.165, 1.54) is 4.90 Å². The van der Waals surface area contributed by atoms with Crippen LogP contribution in [0.15, 0.2) is 11.6 Å². The number of hydrogen-bond donors (Lipinski definition) is 1. The fraction of sp³-hybridized carbons (Fsp3) is 0.700. The summed E-state index contributed by atoms with van der Waals surface area (Å²) in [6, 6.07) is -0.713. The van der Waals surface area contributed by atoms with Gasteiger partial charge in [-0.15, -0.1) is 0 Å². The first-order valence-electron chi connectivity index (χ1n) is 9.82. The molecule has 0 bridgehead atoms. The molecule has 0 aromatic rings. The molecule has 0 aliphatic carbocycles. The van der Waals surface area contributed by atoms with Crippen LogP contribution in [0.25, 0.3) is 0 Å². The Hall–Kier alpha value is -2.38. The van der Waals surface area contributed by atoms with Crippen molar-refractivity contribution in [1.82, 2.24) is 20.0 Å². The molecule has 1 saturated heterocycles. The van der Waals surface area contributed by atoms with Crippen LogP contribution in [0.2, 0.25) is 0 Å². The van der Waals surface area contributed by atoms with Crippen LogP contribution in [-0.4, -0.2) is 84.6 Å². The number of carbonyl (C=O) groups is 4. The van der Waals surface area contributed by atoms with E-state index in [-0.39, 0.29) is 36.2 Å². The van der Waals surface area contributed by atoms with Crippen LogP contribution in [0.4, 0.5) is 0 Å². The highest BCUT2D eigenvalue weighted by atomic mass is 16.2. The Morgan fingerprint density at radius 1 is 1.25 bits per heavy atom. The van der Waals surface area contributed by atoms with Crippen molar-refractivity contribution in [1.29, 1.82) is 0 Å². The molecule has 1 fully saturated rings. The zero-order chi connectivity index (χ0) is 21.4. The Morgan fingerprint density at radius 3 is 2.43 bits per heavy atom. The molecule has 0 radical (unpaired) electrons. The van der Waals surface area contributed by atoms with Gasteiger partial charge in [-0.05, 0) is 32.6 Å². The number of rotatable bonds is 9. The average Bonchev–Trinajstić information content (AvgIpc) is 3.16. The summed E-state index contributed by atoms with van der Waals surface area (Å²) in [4.78, 5) is 53.1. The van der Waals surface area contributed by atoms with E-state index >= 15 is 0 Å². The Bertz CT molecular complexity index is 617. The van der Waals surface area contributed by atoms with Crippen molar-refractivity contribution in [3.8, 4) is 0 Å². The van der Waals surface area contributed by atoms with E-state index in [1.807, 2.05) is 20.8 Å². The van der Waals surface area contributed by atoms with Crippen LogP contribution in [0.5, 0.6) is 0 Å². The van der Waals surface area contributed by atoms with Gasteiger partial charge >= 0.3 is 0 Å². The van der Waals surface area contributed by atoms with Gasteiger partial charge < -0.3 is 20.0 Å². The maximum Gasteiger partial charge on any atom is 0.249 e. The summed E-state index contributed by atoms with van der Waals surface area (Å²) >= 11 is 0. The molecular weight excluding hydrogens is 360 g/mol. The molecule has 1 aliphatic heterocycles. The third-order valence-electron chi connectivity index (χ3n) is 5.27. The van der Waals surface area contributed by atoms with Gasteiger partial charge in [-0.25, -0.2) is 0 Å². The monoisotopic (exact) mass is 394 g/mol. The van der Waals surface area contributed by atoms with E-state index in [2.05, 4.69) is 5.32 Å². The molecule has 8 heteroatoms. The van der Waals surface area contributed by atoms with E-state index in [1.54, 1.807) is 36.9 Å². The molecule has 0 aromatic carbocycles. The van der Waals surface area contributed by atoms with Crippen molar-refractivity contribution >= 4 is 24.1 Å². The van der Waals surface area contributed by atoms with Gasteiger partial charge in [-0.2, -0.15) is 0 Å². The molecule has 1 aliphatic rings. The zero-order valence-corrected chi connectivity index (χ0v) is 17.9. The first kappa shape index (κ1) is 23.7. The predicted molar refractivity (Wildman–Crippen MR) is 107 cm³/mol. The van der Waals surface area contributed by atoms with Crippen molar-refractivity contribution in [2.75, 3.05) is 33.7 Å². The molecule has 28 heavy (non-hydrogen) atoms. The molecule has 4 amide bonds. The van der Waals surface area contributed by atoms with Gasteiger partial charge in [-0.1, -0.05) is 19.9 Å². The van der Waals surface area contributed by atoms with E-state index < -0.39 is 6.04 Å². The number of hydrogen-bond acceptors (Lipinski definition) is 4. The van der Waals surface area contributed by atoms with Gasteiger partial charge in [-0.3, -0.25) is 19.2 Å². The van der Waals surface area contributed by atoms with Gasteiger partial charge in [0.1, 0.15) is 6.04 Å². The lowest BCUT2D eigenvalue weighted by Gasteiger charge is -2.31. The minimum absolute atomic E-state index is 0.0335. The number of nitrogens with one attached hydrogen (secondary N) is 1. The number of amides is 4. The Labute approximate surface area is 167 Å². The van der Waals surface area contributed by atoms with E-state index in [4.69, 9.17) is 0 Å². The minimum Gasteiger partial charge on any atom is -0.350 e. The van der Waals surface area contributed by atoms with Gasteiger partial charge in [0.15, 0.2) is 0 Å². The van der Waals surface area contributed by atoms with Crippen molar-refractivity contribution in [2.45, 2.75) is 52.6 Å². The topological polar surface area (TPSA) is 90.0 Å². The summed E-state index contributed by atoms with van der Waals surface area (Å²) in [5, 5.41) is 2.37. The maximum atomic E-state index is 13.0. The molecule has 1 heterocycles. The lowest BCUT2D eigenvalue weighted by atomic mass is 9.99. The van der Waals surface area contributed by atoms with Crippen molar-refractivity contribution in [3.63, 3.8) is 0 Å². The highest BCUT2D eigenvalue weighted by Gasteiger charge is 2.36. The molecule has 0 aromatic heterocycles. The lowest BCUT2D eigenvalue weighted by molar-refractivity contribution is -0.141. The van der Waals surface area contributed by atoms with Gasteiger partial charge in [0.25, 0.3) is 0 Å². The third-order valence-corrected chi connectivity index (χ3v) is 5.27. The fourth-order valence-electron chi connectivity index (χ4n) is 3.40. The number of likely N-dealkylation sites (tertiary alicyclic amines) is 1. The summed E-state index contributed by atoms with van der Waals surface area (Å²) in [5.74, 6) is -0.358. The van der Waals surface area contributed by atoms with Crippen LogP contribution >= 0.6 is 0 Å². The lowest BCUT2D eigenvalue weighted by Crippen LogP contribution is -2.47. The van der Waals surface area contributed by atoms with Crippen molar-refractivity contribution in [3.05, 3.63) is 11.6 Å². The fourth-order valence-corrected chi connectivity index (χ4v) is 3.40. The maximum absolute atomic E-state index is 13.0. The van der Waals surface area contributed by atoms with Gasteiger partial charge in [0, 0.05) is 32.8 Å². The highest BCUT2D eigenvalue weighted by molar-refractivity contribution is 5.97. The Morgan fingerprint density at radius 2 is 1.89 bits per heavy atom. The first-order chi connectivity index (χ1) is 13.1. The molecular formula is C20H34N4O4. The summed E-state index contributed by atoms with van der Waals surface area (Å²) in [6.45, 7) is 8.64. The predicted octanol–water partition coefficient (Wildman–Crippen LogP) is 0.631. The third kappa shape index (κ3) is 5.81. The summed E-state index contributed by atoms with van der Waals surface area (Å²) in [7, 11) is 3.40. The van der Waals surface area contributed by atoms with Crippen LogP contribution in [0, 0.1) is 5.92 Å². The second-order valence-electron chi connectivity index (χ2n) is 7.60. The van der Waals surface area contributed by atoms with E-state index in [0.29, 0.717) is 31.5 Å². The summed E-state index contributed by atoms with van der Waals surface area (Å²) in [6.07, 6.45) is 3.75. The van der Waals surface area contributed by atoms with Crippen LogP contribution in [-0.2, 0) is 19.2 Å².